The van der Waals surface area contributed by atoms with Crippen LogP contribution in [0.1, 0.15) is 32.3 Å². The second-order valence-corrected chi connectivity index (χ2v) is 6.30. The summed E-state index contributed by atoms with van der Waals surface area (Å²) in [5, 5.41) is 3.33. The molecule has 2 rings (SSSR count). The van der Waals surface area contributed by atoms with Crippen LogP contribution in [0.4, 0.5) is 0 Å². The summed E-state index contributed by atoms with van der Waals surface area (Å²) in [4.78, 5) is 14.3. The number of benzene rings is 1. The van der Waals surface area contributed by atoms with E-state index in [1.807, 2.05) is 23.1 Å². The van der Waals surface area contributed by atoms with Crippen LogP contribution in [0, 0.1) is 5.92 Å². The molecule has 0 bridgehead atoms. The Labute approximate surface area is 133 Å². The molecule has 1 N–H and O–H groups in total. The molecule has 1 aliphatic rings. The van der Waals surface area contributed by atoms with E-state index in [0.717, 1.165) is 50.3 Å². The Balaban J connectivity index is 1.88. The highest BCUT2D eigenvalue weighted by molar-refractivity contribution is 5.76. The van der Waals surface area contributed by atoms with Crippen LogP contribution < -0.4 is 10.1 Å². The Bertz CT molecular complexity index is 466. The van der Waals surface area contributed by atoms with Gasteiger partial charge < -0.3 is 15.0 Å². The van der Waals surface area contributed by atoms with Crippen LogP contribution in [0.25, 0.3) is 0 Å². The van der Waals surface area contributed by atoms with E-state index in [4.69, 9.17) is 4.74 Å². The normalized spacial score (nSPS) is 15.7. The van der Waals surface area contributed by atoms with Gasteiger partial charge in [-0.2, -0.15) is 0 Å². The third-order valence-corrected chi connectivity index (χ3v) is 3.85. The average molecular weight is 304 g/mol. The molecule has 22 heavy (non-hydrogen) atoms. The summed E-state index contributed by atoms with van der Waals surface area (Å²) in [6.45, 7) is 8.60. The highest BCUT2D eigenvalue weighted by Gasteiger charge is 2.15. The number of rotatable bonds is 6. The predicted molar refractivity (Wildman–Crippen MR) is 89.2 cm³/mol. The lowest BCUT2D eigenvalue weighted by Gasteiger charge is -2.20. The lowest BCUT2D eigenvalue weighted by Crippen LogP contribution is -2.34. The van der Waals surface area contributed by atoms with E-state index in [1.54, 1.807) is 0 Å². The van der Waals surface area contributed by atoms with Gasteiger partial charge in [0.05, 0.1) is 6.61 Å². The maximum atomic E-state index is 12.4. The highest BCUT2D eigenvalue weighted by atomic mass is 16.5. The Kier molecular flexibility index (Phi) is 6.72. The monoisotopic (exact) mass is 304 g/mol. The van der Waals surface area contributed by atoms with Crippen molar-refractivity contribution in [2.75, 3.05) is 32.8 Å². The largest absolute Gasteiger partial charge is 0.493 e. The molecule has 0 aliphatic carbocycles. The maximum Gasteiger partial charge on any atom is 0.222 e. The van der Waals surface area contributed by atoms with E-state index in [-0.39, 0.29) is 5.91 Å². The zero-order chi connectivity index (χ0) is 15.8. The molecule has 0 atom stereocenters. The lowest BCUT2D eigenvalue weighted by atomic mass is 10.1. The smallest absolute Gasteiger partial charge is 0.222 e. The van der Waals surface area contributed by atoms with Gasteiger partial charge in [0, 0.05) is 26.1 Å². The maximum absolute atomic E-state index is 12.4. The molecule has 122 valence electrons. The van der Waals surface area contributed by atoms with Gasteiger partial charge in [0.2, 0.25) is 5.91 Å². The van der Waals surface area contributed by atoms with Crippen molar-refractivity contribution in [3.63, 3.8) is 0 Å². The summed E-state index contributed by atoms with van der Waals surface area (Å²) < 4.78 is 5.86. The fourth-order valence-electron chi connectivity index (χ4n) is 2.60. The first kappa shape index (κ1) is 16.8. The SMILES string of the molecule is CC(C)COc1ccccc1CCC(=O)N1CCCNCC1. The Morgan fingerprint density at radius 2 is 2.09 bits per heavy atom. The Morgan fingerprint density at radius 3 is 2.91 bits per heavy atom. The van der Waals surface area contributed by atoms with Crippen molar-refractivity contribution in [2.45, 2.75) is 33.1 Å². The number of carbonyl (C=O) groups is 1. The van der Waals surface area contributed by atoms with E-state index in [1.165, 1.54) is 0 Å². The molecule has 1 aromatic carbocycles. The van der Waals surface area contributed by atoms with Gasteiger partial charge in [-0.25, -0.2) is 0 Å². The average Bonchev–Trinajstić information content (AvgIpc) is 2.80. The molecular weight excluding hydrogens is 276 g/mol. The van der Waals surface area contributed by atoms with Gasteiger partial charge in [0.1, 0.15) is 5.75 Å². The fraction of sp³-hybridized carbons (Fsp3) is 0.611. The summed E-state index contributed by atoms with van der Waals surface area (Å²) in [5.74, 6) is 1.67. The summed E-state index contributed by atoms with van der Waals surface area (Å²) in [5.41, 5.74) is 1.13. The minimum Gasteiger partial charge on any atom is -0.493 e. The summed E-state index contributed by atoms with van der Waals surface area (Å²) in [6, 6.07) is 8.06. The van der Waals surface area contributed by atoms with E-state index in [2.05, 4.69) is 25.2 Å². The zero-order valence-corrected chi connectivity index (χ0v) is 13.8. The quantitative estimate of drug-likeness (QED) is 0.878. The molecule has 1 heterocycles. The number of ether oxygens (including phenoxy) is 1. The predicted octanol–water partition coefficient (Wildman–Crippen LogP) is 2.48. The molecule has 4 heteroatoms. The van der Waals surface area contributed by atoms with Crippen molar-refractivity contribution in [3.05, 3.63) is 29.8 Å². The van der Waals surface area contributed by atoms with E-state index < -0.39 is 0 Å². The number of para-hydroxylation sites is 1. The third-order valence-electron chi connectivity index (χ3n) is 3.85. The number of hydrogen-bond acceptors (Lipinski definition) is 3. The van der Waals surface area contributed by atoms with Gasteiger partial charge in [0.15, 0.2) is 0 Å². The standard InChI is InChI=1S/C18H28N2O2/c1-15(2)14-22-17-7-4-3-6-16(17)8-9-18(21)20-12-5-10-19-11-13-20/h3-4,6-7,15,19H,5,8-14H2,1-2H3. The van der Waals surface area contributed by atoms with Crippen molar-refractivity contribution >= 4 is 5.91 Å². The molecular formula is C18H28N2O2. The first-order valence-corrected chi connectivity index (χ1v) is 8.36. The van der Waals surface area contributed by atoms with Crippen molar-refractivity contribution in [3.8, 4) is 5.75 Å². The van der Waals surface area contributed by atoms with Crippen LogP contribution in [0.5, 0.6) is 5.75 Å². The van der Waals surface area contributed by atoms with Crippen LogP contribution in [-0.4, -0.2) is 43.6 Å². The molecule has 1 fully saturated rings. The molecule has 4 nitrogen and oxygen atoms in total. The number of amides is 1. The molecule has 0 aromatic heterocycles. The Hall–Kier alpha value is -1.55. The highest BCUT2D eigenvalue weighted by Crippen LogP contribution is 2.20. The number of hydrogen-bond donors (Lipinski definition) is 1. The number of nitrogens with zero attached hydrogens (tertiary/aromatic N) is 1. The van der Waals surface area contributed by atoms with Crippen LogP contribution in [0.3, 0.4) is 0 Å². The topological polar surface area (TPSA) is 41.6 Å². The van der Waals surface area contributed by atoms with Gasteiger partial charge >= 0.3 is 0 Å². The van der Waals surface area contributed by atoms with E-state index in [0.29, 0.717) is 18.9 Å². The number of nitrogens with one attached hydrogen (secondary N) is 1. The van der Waals surface area contributed by atoms with Crippen molar-refractivity contribution in [1.82, 2.24) is 10.2 Å². The first-order valence-electron chi connectivity index (χ1n) is 8.36. The van der Waals surface area contributed by atoms with Gasteiger partial charge in [0.25, 0.3) is 0 Å². The van der Waals surface area contributed by atoms with E-state index in [9.17, 15) is 4.79 Å². The minimum atomic E-state index is 0.252. The third kappa shape index (κ3) is 5.34. The summed E-state index contributed by atoms with van der Waals surface area (Å²) in [6.07, 6.45) is 2.35. The molecule has 1 aliphatic heterocycles. The number of carbonyl (C=O) groups excluding carboxylic acids is 1. The van der Waals surface area contributed by atoms with Crippen molar-refractivity contribution < 1.29 is 9.53 Å². The molecule has 1 aromatic rings. The summed E-state index contributed by atoms with van der Waals surface area (Å²) >= 11 is 0. The second-order valence-electron chi connectivity index (χ2n) is 6.30. The van der Waals surface area contributed by atoms with E-state index >= 15 is 0 Å². The van der Waals surface area contributed by atoms with Crippen molar-refractivity contribution in [2.24, 2.45) is 5.92 Å². The fourth-order valence-corrected chi connectivity index (χ4v) is 2.60. The zero-order valence-electron chi connectivity index (χ0n) is 13.8. The lowest BCUT2D eigenvalue weighted by molar-refractivity contribution is -0.130. The minimum absolute atomic E-state index is 0.252. The Morgan fingerprint density at radius 1 is 1.27 bits per heavy atom. The van der Waals surface area contributed by atoms with Gasteiger partial charge in [-0.15, -0.1) is 0 Å². The van der Waals surface area contributed by atoms with Crippen LogP contribution >= 0.6 is 0 Å². The summed E-state index contributed by atoms with van der Waals surface area (Å²) in [7, 11) is 0. The van der Waals surface area contributed by atoms with Gasteiger partial charge in [-0.05, 0) is 36.9 Å². The second kappa shape index (κ2) is 8.79. The van der Waals surface area contributed by atoms with Crippen LogP contribution in [0.2, 0.25) is 0 Å². The number of aryl methyl sites for hydroxylation is 1. The van der Waals surface area contributed by atoms with Gasteiger partial charge in [-0.1, -0.05) is 32.0 Å². The first-order chi connectivity index (χ1) is 10.7. The molecule has 0 saturated carbocycles. The molecule has 0 unspecified atom stereocenters. The molecule has 1 saturated heterocycles. The van der Waals surface area contributed by atoms with Gasteiger partial charge in [-0.3, -0.25) is 4.79 Å². The van der Waals surface area contributed by atoms with Crippen molar-refractivity contribution in [1.29, 1.82) is 0 Å². The molecule has 1 amide bonds. The molecule has 0 spiro atoms. The van der Waals surface area contributed by atoms with Crippen LogP contribution in [-0.2, 0) is 11.2 Å². The molecule has 0 radical (unpaired) electrons. The van der Waals surface area contributed by atoms with Crippen LogP contribution in [0.15, 0.2) is 24.3 Å².